The first-order valence-corrected chi connectivity index (χ1v) is 5.75. The first-order valence-electron chi connectivity index (χ1n) is 5.37. The number of aromatic nitrogens is 4. The minimum absolute atomic E-state index is 0.0522. The zero-order chi connectivity index (χ0) is 12.8. The Morgan fingerprint density at radius 2 is 2.39 bits per heavy atom. The molecule has 0 amide bonds. The Labute approximate surface area is 106 Å². The van der Waals surface area contributed by atoms with Crippen molar-refractivity contribution in [1.29, 1.82) is 0 Å². The molecular weight excluding hydrogens is 263 g/mol. The summed E-state index contributed by atoms with van der Waals surface area (Å²) in [4.78, 5) is 12.0. The summed E-state index contributed by atoms with van der Waals surface area (Å²) in [5, 5.41) is 9.21. The zero-order valence-corrected chi connectivity index (χ0v) is 10.0. The summed E-state index contributed by atoms with van der Waals surface area (Å²) in [6, 6.07) is 0. The predicted molar refractivity (Wildman–Crippen MR) is 60.9 cm³/mol. The molecule has 0 unspecified atom stereocenters. The van der Waals surface area contributed by atoms with Gasteiger partial charge in [-0.25, -0.2) is 19.3 Å². The highest BCUT2D eigenvalue weighted by Gasteiger charge is 2.41. The minimum atomic E-state index is -1.71. The molecule has 0 saturated carbocycles. The standard InChI is InChI=1S/C10H10ClFN4O2/c11-8-7-9(14-4-13-8)16(5-15-7)6-1-10(12,2-17)3-18-6/h4-6,17H,1-3H2/t6-,10-/m1/s1. The maximum Gasteiger partial charge on any atom is 0.166 e. The van der Waals surface area contributed by atoms with Gasteiger partial charge in [0, 0.05) is 6.42 Å². The van der Waals surface area contributed by atoms with Crippen molar-refractivity contribution in [3.05, 3.63) is 17.8 Å². The lowest BCUT2D eigenvalue weighted by molar-refractivity contribution is 0.0302. The van der Waals surface area contributed by atoms with Gasteiger partial charge in [-0.2, -0.15) is 0 Å². The van der Waals surface area contributed by atoms with Crippen molar-refractivity contribution in [1.82, 2.24) is 19.5 Å². The Kier molecular flexibility index (Phi) is 2.69. The fraction of sp³-hybridized carbons (Fsp3) is 0.500. The van der Waals surface area contributed by atoms with E-state index in [4.69, 9.17) is 21.4 Å². The molecule has 1 fully saturated rings. The van der Waals surface area contributed by atoms with Crippen molar-refractivity contribution in [3.63, 3.8) is 0 Å². The van der Waals surface area contributed by atoms with Crippen LogP contribution < -0.4 is 0 Å². The summed E-state index contributed by atoms with van der Waals surface area (Å²) >= 11 is 5.88. The molecule has 0 spiro atoms. The highest BCUT2D eigenvalue weighted by Crippen LogP contribution is 2.35. The van der Waals surface area contributed by atoms with Crippen molar-refractivity contribution in [2.75, 3.05) is 13.2 Å². The number of aliphatic hydroxyl groups is 1. The van der Waals surface area contributed by atoms with E-state index in [2.05, 4.69) is 15.0 Å². The molecule has 0 bridgehead atoms. The van der Waals surface area contributed by atoms with Crippen molar-refractivity contribution in [3.8, 4) is 0 Å². The first-order chi connectivity index (χ1) is 8.63. The molecule has 18 heavy (non-hydrogen) atoms. The highest BCUT2D eigenvalue weighted by molar-refractivity contribution is 6.33. The van der Waals surface area contributed by atoms with Crippen LogP contribution in [0.25, 0.3) is 11.2 Å². The summed E-state index contributed by atoms with van der Waals surface area (Å²) in [6.07, 6.45) is 2.31. The molecule has 8 heteroatoms. The van der Waals surface area contributed by atoms with E-state index < -0.39 is 18.5 Å². The van der Waals surface area contributed by atoms with Gasteiger partial charge in [0.05, 0.1) is 19.5 Å². The van der Waals surface area contributed by atoms with Crippen molar-refractivity contribution in [2.24, 2.45) is 0 Å². The number of aliphatic hydroxyl groups excluding tert-OH is 1. The van der Waals surface area contributed by atoms with Gasteiger partial charge in [0.1, 0.15) is 18.1 Å². The smallest absolute Gasteiger partial charge is 0.166 e. The number of hydrogen-bond donors (Lipinski definition) is 1. The number of halogens is 2. The Balaban J connectivity index is 1.99. The van der Waals surface area contributed by atoms with Crippen LogP contribution in [0.15, 0.2) is 12.7 Å². The molecular formula is C10H10ClFN4O2. The van der Waals surface area contributed by atoms with Gasteiger partial charge < -0.3 is 9.84 Å². The lowest BCUT2D eigenvalue weighted by Gasteiger charge is -2.14. The van der Waals surface area contributed by atoms with Crippen LogP contribution in [0.2, 0.25) is 5.15 Å². The summed E-state index contributed by atoms with van der Waals surface area (Å²) in [7, 11) is 0. The zero-order valence-electron chi connectivity index (χ0n) is 9.25. The van der Waals surface area contributed by atoms with Gasteiger partial charge in [-0.1, -0.05) is 11.6 Å². The molecule has 2 atom stereocenters. The largest absolute Gasteiger partial charge is 0.393 e. The molecule has 1 saturated heterocycles. The number of hydrogen-bond acceptors (Lipinski definition) is 5. The average molecular weight is 273 g/mol. The lowest BCUT2D eigenvalue weighted by atomic mass is 10.1. The van der Waals surface area contributed by atoms with E-state index in [0.29, 0.717) is 11.2 Å². The summed E-state index contributed by atoms with van der Waals surface area (Å²) < 4.78 is 20.8. The van der Waals surface area contributed by atoms with E-state index in [1.807, 2.05) is 0 Å². The van der Waals surface area contributed by atoms with Crippen LogP contribution in [0.5, 0.6) is 0 Å². The maximum absolute atomic E-state index is 13.9. The third kappa shape index (κ3) is 1.75. The minimum Gasteiger partial charge on any atom is -0.393 e. The van der Waals surface area contributed by atoms with Gasteiger partial charge in [-0.15, -0.1) is 0 Å². The van der Waals surface area contributed by atoms with E-state index in [1.165, 1.54) is 12.7 Å². The number of alkyl halides is 1. The van der Waals surface area contributed by atoms with Gasteiger partial charge in [0.25, 0.3) is 0 Å². The molecule has 2 aromatic heterocycles. The maximum atomic E-state index is 13.9. The molecule has 1 aliphatic heterocycles. The van der Waals surface area contributed by atoms with E-state index in [0.717, 1.165) is 0 Å². The molecule has 0 radical (unpaired) electrons. The Bertz CT molecular complexity index is 592. The van der Waals surface area contributed by atoms with Gasteiger partial charge in [-0.05, 0) is 0 Å². The number of ether oxygens (including phenoxy) is 1. The van der Waals surface area contributed by atoms with E-state index in [9.17, 15) is 4.39 Å². The third-order valence-electron chi connectivity index (χ3n) is 2.98. The summed E-state index contributed by atoms with van der Waals surface area (Å²) in [5.74, 6) is 0. The fourth-order valence-electron chi connectivity index (χ4n) is 2.00. The van der Waals surface area contributed by atoms with Crippen molar-refractivity contribution < 1.29 is 14.2 Å². The molecule has 0 aromatic carbocycles. The monoisotopic (exact) mass is 272 g/mol. The normalized spacial score (nSPS) is 28.1. The SMILES string of the molecule is OC[C@@]1(F)CO[C@@H](n2cnc3c(Cl)ncnc32)C1. The van der Waals surface area contributed by atoms with Crippen molar-refractivity contribution in [2.45, 2.75) is 18.3 Å². The second kappa shape index (κ2) is 4.11. The molecule has 1 N–H and O–H groups in total. The Hall–Kier alpha value is -1.31. The van der Waals surface area contributed by atoms with Crippen LogP contribution >= 0.6 is 11.6 Å². The van der Waals surface area contributed by atoms with E-state index in [1.54, 1.807) is 4.57 Å². The Morgan fingerprint density at radius 3 is 3.11 bits per heavy atom. The van der Waals surface area contributed by atoms with Crippen LogP contribution in [0.3, 0.4) is 0 Å². The lowest BCUT2D eigenvalue weighted by Crippen LogP contribution is -2.27. The molecule has 0 aliphatic carbocycles. The molecule has 96 valence electrons. The van der Waals surface area contributed by atoms with E-state index >= 15 is 0 Å². The molecule has 6 nitrogen and oxygen atoms in total. The second-order valence-corrected chi connectivity index (χ2v) is 4.63. The fourth-order valence-corrected chi connectivity index (χ4v) is 2.18. The van der Waals surface area contributed by atoms with Crippen LogP contribution in [0, 0.1) is 0 Å². The summed E-state index contributed by atoms with van der Waals surface area (Å²) in [5.41, 5.74) is -0.775. The quantitative estimate of drug-likeness (QED) is 0.829. The van der Waals surface area contributed by atoms with Crippen LogP contribution in [-0.2, 0) is 4.74 Å². The third-order valence-corrected chi connectivity index (χ3v) is 3.26. The molecule has 2 aromatic rings. The van der Waals surface area contributed by atoms with Crippen LogP contribution in [0.1, 0.15) is 12.6 Å². The number of rotatable bonds is 2. The van der Waals surface area contributed by atoms with Gasteiger partial charge in [-0.3, -0.25) is 4.57 Å². The molecule has 3 rings (SSSR count). The number of fused-ring (bicyclic) bond motifs is 1. The van der Waals surface area contributed by atoms with Crippen molar-refractivity contribution >= 4 is 22.8 Å². The van der Waals surface area contributed by atoms with E-state index in [-0.39, 0.29) is 18.2 Å². The second-order valence-electron chi connectivity index (χ2n) is 4.27. The average Bonchev–Trinajstić information content (AvgIpc) is 2.94. The molecule has 1 aliphatic rings. The predicted octanol–water partition coefficient (Wildman–Crippen LogP) is 1.10. The topological polar surface area (TPSA) is 73.1 Å². The summed E-state index contributed by atoms with van der Waals surface area (Å²) in [6.45, 7) is -0.710. The Morgan fingerprint density at radius 1 is 1.56 bits per heavy atom. The van der Waals surface area contributed by atoms with Gasteiger partial charge in [0.2, 0.25) is 0 Å². The van der Waals surface area contributed by atoms with Crippen LogP contribution in [0.4, 0.5) is 4.39 Å². The number of nitrogens with zero attached hydrogens (tertiary/aromatic N) is 4. The molecule has 3 heterocycles. The highest BCUT2D eigenvalue weighted by atomic mass is 35.5. The number of imidazole rings is 1. The van der Waals surface area contributed by atoms with Gasteiger partial charge in [0.15, 0.2) is 16.5 Å². The van der Waals surface area contributed by atoms with Gasteiger partial charge >= 0.3 is 0 Å². The first kappa shape index (κ1) is 11.8. The van der Waals surface area contributed by atoms with Crippen LogP contribution in [-0.4, -0.2) is 43.5 Å².